The first-order valence-electron chi connectivity index (χ1n) is 4.76. The van der Waals surface area contributed by atoms with E-state index in [4.69, 9.17) is 5.11 Å². The summed E-state index contributed by atoms with van der Waals surface area (Å²) in [7, 11) is 0. The van der Waals surface area contributed by atoms with E-state index in [9.17, 15) is 9.59 Å². The highest BCUT2D eigenvalue weighted by molar-refractivity contribution is 5.88. The Balaban J connectivity index is 2.45. The van der Waals surface area contributed by atoms with E-state index in [1.807, 2.05) is 0 Å². The zero-order chi connectivity index (χ0) is 12.0. The van der Waals surface area contributed by atoms with Crippen LogP contribution in [0.25, 0.3) is 0 Å². The van der Waals surface area contributed by atoms with E-state index in [-0.39, 0.29) is 11.5 Å². The van der Waals surface area contributed by atoms with Crippen molar-refractivity contribution in [3.8, 4) is 0 Å². The van der Waals surface area contributed by atoms with Gasteiger partial charge in [0.05, 0.1) is 11.3 Å². The summed E-state index contributed by atoms with van der Waals surface area (Å²) >= 11 is 0. The van der Waals surface area contributed by atoms with Gasteiger partial charge in [0.2, 0.25) is 5.91 Å². The van der Waals surface area contributed by atoms with Crippen LogP contribution < -0.4 is 10.6 Å². The number of hydrogen-bond donors (Lipinski definition) is 3. The van der Waals surface area contributed by atoms with Crippen LogP contribution in [0.2, 0.25) is 0 Å². The summed E-state index contributed by atoms with van der Waals surface area (Å²) in [5.74, 6) is -1.11. The maximum atomic E-state index is 10.6. The van der Waals surface area contributed by atoms with E-state index >= 15 is 0 Å². The zero-order valence-electron chi connectivity index (χ0n) is 8.86. The van der Waals surface area contributed by atoms with Crippen LogP contribution in [0.3, 0.4) is 0 Å². The van der Waals surface area contributed by atoms with E-state index in [1.54, 1.807) is 0 Å². The SMILES string of the molecule is CC(=O)NCCNc1cncc(C(=O)O)c1. The molecule has 0 fully saturated rings. The van der Waals surface area contributed by atoms with Gasteiger partial charge in [0.25, 0.3) is 0 Å². The van der Waals surface area contributed by atoms with Crippen LogP contribution in [0.15, 0.2) is 18.5 Å². The fourth-order valence-electron chi connectivity index (χ4n) is 1.10. The number of aromatic nitrogens is 1. The predicted octanol–water partition coefficient (Wildman–Crippen LogP) is 0.328. The third-order valence-corrected chi connectivity index (χ3v) is 1.81. The zero-order valence-corrected chi connectivity index (χ0v) is 8.86. The molecular formula is C10H13N3O3. The molecule has 0 saturated carbocycles. The number of hydrogen-bond acceptors (Lipinski definition) is 4. The van der Waals surface area contributed by atoms with Gasteiger partial charge >= 0.3 is 5.97 Å². The highest BCUT2D eigenvalue weighted by Gasteiger charge is 2.03. The van der Waals surface area contributed by atoms with Crippen LogP contribution in [-0.2, 0) is 4.79 Å². The second-order valence-corrected chi connectivity index (χ2v) is 3.18. The second-order valence-electron chi connectivity index (χ2n) is 3.18. The van der Waals surface area contributed by atoms with Crippen molar-refractivity contribution in [2.45, 2.75) is 6.92 Å². The topological polar surface area (TPSA) is 91.3 Å². The van der Waals surface area contributed by atoms with Crippen molar-refractivity contribution in [1.82, 2.24) is 10.3 Å². The smallest absolute Gasteiger partial charge is 0.337 e. The molecule has 0 saturated heterocycles. The van der Waals surface area contributed by atoms with Crippen molar-refractivity contribution in [2.75, 3.05) is 18.4 Å². The van der Waals surface area contributed by atoms with Crippen LogP contribution >= 0.6 is 0 Å². The fourth-order valence-corrected chi connectivity index (χ4v) is 1.10. The number of carboxylic acids is 1. The molecule has 0 bridgehead atoms. The summed E-state index contributed by atoms with van der Waals surface area (Å²) < 4.78 is 0. The monoisotopic (exact) mass is 223 g/mol. The lowest BCUT2D eigenvalue weighted by Crippen LogP contribution is -2.26. The standard InChI is InChI=1S/C10H13N3O3/c1-7(14)12-2-3-13-9-4-8(10(15)16)5-11-6-9/h4-6,13H,2-3H2,1H3,(H,12,14)(H,15,16). The molecule has 0 unspecified atom stereocenters. The van der Waals surface area contributed by atoms with Gasteiger partial charge in [0.1, 0.15) is 0 Å². The molecule has 0 aromatic carbocycles. The third kappa shape index (κ3) is 3.95. The second kappa shape index (κ2) is 5.69. The lowest BCUT2D eigenvalue weighted by molar-refractivity contribution is -0.118. The fraction of sp³-hybridized carbons (Fsp3) is 0.300. The molecule has 1 aromatic heterocycles. The van der Waals surface area contributed by atoms with E-state index in [0.29, 0.717) is 18.8 Å². The quantitative estimate of drug-likeness (QED) is 0.625. The van der Waals surface area contributed by atoms with Crippen molar-refractivity contribution >= 4 is 17.6 Å². The molecule has 0 radical (unpaired) electrons. The normalized spacial score (nSPS) is 9.56. The largest absolute Gasteiger partial charge is 0.478 e. The van der Waals surface area contributed by atoms with E-state index in [0.717, 1.165) is 0 Å². The first-order chi connectivity index (χ1) is 7.59. The van der Waals surface area contributed by atoms with Crippen LogP contribution in [0.5, 0.6) is 0 Å². The molecule has 0 aliphatic rings. The molecule has 0 spiro atoms. The number of carbonyl (C=O) groups is 2. The van der Waals surface area contributed by atoms with Gasteiger partial charge in [-0.1, -0.05) is 0 Å². The number of nitrogens with one attached hydrogen (secondary N) is 2. The number of aromatic carboxylic acids is 1. The minimum atomic E-state index is -1.02. The minimum absolute atomic E-state index is 0.0980. The molecule has 1 rings (SSSR count). The highest BCUT2D eigenvalue weighted by atomic mass is 16.4. The summed E-state index contributed by atoms with van der Waals surface area (Å²) in [6, 6.07) is 1.49. The van der Waals surface area contributed by atoms with E-state index in [2.05, 4.69) is 15.6 Å². The van der Waals surface area contributed by atoms with Crippen molar-refractivity contribution in [3.05, 3.63) is 24.0 Å². The number of rotatable bonds is 5. The lowest BCUT2D eigenvalue weighted by Gasteiger charge is -2.06. The molecule has 1 amide bonds. The molecule has 0 atom stereocenters. The lowest BCUT2D eigenvalue weighted by atomic mass is 10.2. The van der Waals surface area contributed by atoms with Gasteiger partial charge in [-0.05, 0) is 6.07 Å². The van der Waals surface area contributed by atoms with Crippen molar-refractivity contribution in [3.63, 3.8) is 0 Å². The molecule has 6 nitrogen and oxygen atoms in total. The Bertz CT molecular complexity index is 393. The highest BCUT2D eigenvalue weighted by Crippen LogP contribution is 2.07. The summed E-state index contributed by atoms with van der Waals surface area (Å²) in [6.07, 6.45) is 2.81. The van der Waals surface area contributed by atoms with Gasteiger partial charge in [0, 0.05) is 32.4 Å². The van der Waals surface area contributed by atoms with Crippen LogP contribution in [0.4, 0.5) is 5.69 Å². The van der Waals surface area contributed by atoms with E-state index in [1.165, 1.54) is 25.4 Å². The Morgan fingerprint density at radius 2 is 2.12 bits per heavy atom. The molecule has 16 heavy (non-hydrogen) atoms. The van der Waals surface area contributed by atoms with Crippen molar-refractivity contribution in [1.29, 1.82) is 0 Å². The first kappa shape index (κ1) is 12.0. The minimum Gasteiger partial charge on any atom is -0.478 e. The van der Waals surface area contributed by atoms with Crippen LogP contribution in [0.1, 0.15) is 17.3 Å². The Hall–Kier alpha value is -2.11. The van der Waals surface area contributed by atoms with Crippen molar-refractivity contribution < 1.29 is 14.7 Å². The molecule has 86 valence electrons. The summed E-state index contributed by atoms with van der Waals surface area (Å²) in [5, 5.41) is 14.3. The molecule has 1 aromatic rings. The number of carboxylic acid groups (broad SMARTS) is 1. The maximum Gasteiger partial charge on any atom is 0.337 e. The van der Waals surface area contributed by atoms with Crippen LogP contribution in [-0.4, -0.2) is 35.1 Å². The Morgan fingerprint density at radius 1 is 1.38 bits per heavy atom. The Morgan fingerprint density at radius 3 is 2.75 bits per heavy atom. The number of anilines is 1. The number of carbonyl (C=O) groups excluding carboxylic acids is 1. The van der Waals surface area contributed by atoms with Crippen molar-refractivity contribution in [2.24, 2.45) is 0 Å². The first-order valence-corrected chi connectivity index (χ1v) is 4.76. The van der Waals surface area contributed by atoms with Crippen LogP contribution in [0, 0.1) is 0 Å². The van der Waals surface area contributed by atoms with Gasteiger partial charge < -0.3 is 15.7 Å². The Kier molecular flexibility index (Phi) is 4.26. The summed E-state index contributed by atoms with van der Waals surface area (Å²) in [5.41, 5.74) is 0.745. The molecule has 0 aliphatic heterocycles. The van der Waals surface area contributed by atoms with Gasteiger partial charge in [-0.15, -0.1) is 0 Å². The molecule has 1 heterocycles. The third-order valence-electron chi connectivity index (χ3n) is 1.81. The van der Waals surface area contributed by atoms with Gasteiger partial charge in [-0.3, -0.25) is 9.78 Å². The number of nitrogens with zero attached hydrogens (tertiary/aromatic N) is 1. The van der Waals surface area contributed by atoms with Gasteiger partial charge in [-0.2, -0.15) is 0 Å². The predicted molar refractivity (Wildman–Crippen MR) is 58.4 cm³/mol. The molecule has 3 N–H and O–H groups in total. The Labute approximate surface area is 92.7 Å². The van der Waals surface area contributed by atoms with E-state index < -0.39 is 5.97 Å². The molecule has 6 heteroatoms. The van der Waals surface area contributed by atoms with Gasteiger partial charge in [0.15, 0.2) is 0 Å². The average molecular weight is 223 g/mol. The number of amides is 1. The van der Waals surface area contributed by atoms with Gasteiger partial charge in [-0.25, -0.2) is 4.79 Å². The average Bonchev–Trinajstić information content (AvgIpc) is 2.24. The number of pyridine rings is 1. The maximum absolute atomic E-state index is 10.6. The molecule has 0 aliphatic carbocycles. The summed E-state index contributed by atoms with van der Waals surface area (Å²) in [4.78, 5) is 25.0. The summed E-state index contributed by atoms with van der Waals surface area (Å²) in [6.45, 7) is 2.43. The molecular weight excluding hydrogens is 210 g/mol.